The van der Waals surface area contributed by atoms with Gasteiger partial charge in [-0.15, -0.1) is 10.2 Å². The molecule has 5 aromatic rings. The number of phenolic OH excluding ortho intramolecular Hbond substituents is 1. The Hall–Kier alpha value is -5.65. The van der Waals surface area contributed by atoms with E-state index >= 15 is 0 Å². The first-order valence-corrected chi connectivity index (χ1v) is 10.8. The molecule has 0 radical (unpaired) electrons. The predicted molar refractivity (Wildman–Crippen MR) is 127 cm³/mol. The Balaban J connectivity index is 1.48. The molecule has 3 aromatic heterocycles. The molecule has 0 fully saturated rings. The minimum atomic E-state index is -1.83. The van der Waals surface area contributed by atoms with Gasteiger partial charge in [0.05, 0.1) is 46.8 Å². The lowest BCUT2D eigenvalue weighted by Crippen LogP contribution is -2.00. The number of aliphatic hydroxyl groups excluding tert-OH is 1. The summed E-state index contributed by atoms with van der Waals surface area (Å²) in [6.07, 6.45) is 1.18. The number of aromatic nitrogens is 7. The van der Waals surface area contributed by atoms with Gasteiger partial charge in [-0.3, -0.25) is 0 Å². The number of benzene rings is 2. The Bertz CT molecular complexity index is 1740. The zero-order chi connectivity index (χ0) is 27.0. The van der Waals surface area contributed by atoms with Crippen molar-refractivity contribution in [1.29, 1.82) is 5.26 Å². The highest BCUT2D eigenvalue weighted by Gasteiger charge is 2.16. The lowest BCUT2D eigenvalue weighted by atomic mass is 10.1. The average molecular weight is 512 g/mol. The van der Waals surface area contributed by atoms with Crippen molar-refractivity contribution in [3.05, 3.63) is 77.6 Å². The van der Waals surface area contributed by atoms with Gasteiger partial charge in [0.15, 0.2) is 6.29 Å². The standard InChI is InChI=1S/C24H16N8O6/c25-9-12-5-17(19-10-31(29-27-19)13-1-3-15(23(35)36)21(33)7-13)26-18(6-12)20-11-32(30-28-20)14-2-4-16(24(37)38)22(34)8-14/h1-8,10-11,23,33-36H,(H,37,38). The number of rotatable bonds is 6. The second-order valence-electron chi connectivity index (χ2n) is 7.96. The zero-order valence-corrected chi connectivity index (χ0v) is 19.1. The van der Waals surface area contributed by atoms with E-state index in [-0.39, 0.29) is 22.4 Å². The number of carboxylic acid groups (broad SMARTS) is 1. The van der Waals surface area contributed by atoms with Gasteiger partial charge < -0.3 is 25.5 Å². The fourth-order valence-corrected chi connectivity index (χ4v) is 3.61. The number of aliphatic hydroxyl groups is 2. The summed E-state index contributed by atoms with van der Waals surface area (Å²) in [4.78, 5) is 15.7. The van der Waals surface area contributed by atoms with Crippen LogP contribution in [0.25, 0.3) is 34.2 Å². The molecule has 188 valence electrons. The van der Waals surface area contributed by atoms with Gasteiger partial charge in [0.1, 0.15) is 28.5 Å². The summed E-state index contributed by atoms with van der Waals surface area (Å²) >= 11 is 0. The largest absolute Gasteiger partial charge is 0.507 e. The van der Waals surface area contributed by atoms with Gasteiger partial charge in [-0.05, 0) is 36.4 Å². The number of pyridine rings is 1. The van der Waals surface area contributed by atoms with Crippen molar-refractivity contribution in [2.45, 2.75) is 6.29 Å². The van der Waals surface area contributed by atoms with Crippen LogP contribution in [0.15, 0.2) is 60.9 Å². The maximum atomic E-state index is 11.1. The van der Waals surface area contributed by atoms with E-state index in [9.17, 15) is 30.5 Å². The van der Waals surface area contributed by atoms with Crippen molar-refractivity contribution in [1.82, 2.24) is 35.0 Å². The monoisotopic (exact) mass is 512 g/mol. The topological polar surface area (TPSA) is 216 Å². The molecule has 0 aliphatic carbocycles. The van der Waals surface area contributed by atoms with E-state index in [0.717, 1.165) is 0 Å². The number of hydrogen-bond acceptors (Lipinski definition) is 11. The van der Waals surface area contributed by atoms with Crippen LogP contribution in [0.1, 0.15) is 27.8 Å². The Morgan fingerprint density at radius 3 is 1.84 bits per heavy atom. The second-order valence-corrected chi connectivity index (χ2v) is 7.96. The Morgan fingerprint density at radius 2 is 1.37 bits per heavy atom. The molecular formula is C24H16N8O6. The second kappa shape index (κ2) is 9.43. The third-order valence-corrected chi connectivity index (χ3v) is 5.50. The Morgan fingerprint density at radius 1 is 0.816 bits per heavy atom. The molecule has 0 atom stereocenters. The summed E-state index contributed by atoms with van der Waals surface area (Å²) in [6, 6.07) is 13.1. The highest BCUT2D eigenvalue weighted by atomic mass is 16.5. The molecule has 5 N–H and O–H groups in total. The van der Waals surface area contributed by atoms with Crippen LogP contribution in [0.3, 0.4) is 0 Å². The number of aromatic hydroxyl groups is 2. The highest BCUT2D eigenvalue weighted by Crippen LogP contribution is 2.27. The third kappa shape index (κ3) is 4.48. The van der Waals surface area contributed by atoms with Crippen LogP contribution >= 0.6 is 0 Å². The van der Waals surface area contributed by atoms with Gasteiger partial charge >= 0.3 is 5.97 Å². The van der Waals surface area contributed by atoms with Crippen molar-refractivity contribution < 1.29 is 30.3 Å². The van der Waals surface area contributed by atoms with Gasteiger partial charge in [-0.25, -0.2) is 19.1 Å². The van der Waals surface area contributed by atoms with Crippen LogP contribution in [-0.4, -0.2) is 66.5 Å². The van der Waals surface area contributed by atoms with E-state index < -0.39 is 18.0 Å². The summed E-state index contributed by atoms with van der Waals surface area (Å²) in [5.74, 6) is -2.04. The Labute approximate surface area is 212 Å². The van der Waals surface area contributed by atoms with E-state index in [1.165, 1.54) is 70.3 Å². The maximum absolute atomic E-state index is 11.1. The molecule has 0 amide bonds. The van der Waals surface area contributed by atoms with Crippen molar-refractivity contribution in [3.63, 3.8) is 0 Å². The number of phenols is 2. The molecule has 0 bridgehead atoms. The van der Waals surface area contributed by atoms with Gasteiger partial charge in [0.25, 0.3) is 0 Å². The molecule has 2 aromatic carbocycles. The third-order valence-electron chi connectivity index (χ3n) is 5.50. The Kier molecular flexibility index (Phi) is 5.97. The smallest absolute Gasteiger partial charge is 0.339 e. The minimum Gasteiger partial charge on any atom is -0.507 e. The maximum Gasteiger partial charge on any atom is 0.339 e. The van der Waals surface area contributed by atoms with Gasteiger partial charge in [0.2, 0.25) is 0 Å². The summed E-state index contributed by atoms with van der Waals surface area (Å²) in [6.45, 7) is 0. The van der Waals surface area contributed by atoms with Crippen LogP contribution < -0.4 is 0 Å². The number of aromatic carboxylic acids is 1. The van der Waals surface area contributed by atoms with Crippen LogP contribution in [0.5, 0.6) is 11.5 Å². The molecule has 14 heteroatoms. The molecule has 0 saturated heterocycles. The molecule has 0 spiro atoms. The summed E-state index contributed by atoms with van der Waals surface area (Å²) in [5.41, 5.74) is 1.87. The lowest BCUT2D eigenvalue weighted by Gasteiger charge is -2.08. The van der Waals surface area contributed by atoms with E-state index in [2.05, 4.69) is 31.7 Å². The zero-order valence-electron chi connectivity index (χ0n) is 19.1. The van der Waals surface area contributed by atoms with Crippen molar-refractivity contribution >= 4 is 5.97 Å². The van der Waals surface area contributed by atoms with E-state index in [4.69, 9.17) is 5.11 Å². The first-order valence-electron chi connectivity index (χ1n) is 10.8. The molecule has 0 aliphatic rings. The molecular weight excluding hydrogens is 496 g/mol. The summed E-state index contributed by atoms with van der Waals surface area (Å²) in [5, 5.41) is 73.4. The summed E-state index contributed by atoms with van der Waals surface area (Å²) < 4.78 is 2.66. The molecule has 0 unspecified atom stereocenters. The molecule has 3 heterocycles. The number of nitrogens with zero attached hydrogens (tertiary/aromatic N) is 8. The first-order chi connectivity index (χ1) is 18.2. The predicted octanol–water partition coefficient (Wildman–Crippen LogP) is 1.54. The number of carboxylic acids is 1. The van der Waals surface area contributed by atoms with Crippen molar-refractivity contribution in [2.75, 3.05) is 0 Å². The normalized spacial score (nSPS) is 11.0. The van der Waals surface area contributed by atoms with Crippen LogP contribution in [0, 0.1) is 11.3 Å². The fourth-order valence-electron chi connectivity index (χ4n) is 3.61. The minimum absolute atomic E-state index is 0.0665. The van der Waals surface area contributed by atoms with Crippen LogP contribution in [-0.2, 0) is 0 Å². The number of carbonyl (C=O) groups is 1. The molecule has 14 nitrogen and oxygen atoms in total. The molecule has 0 aliphatic heterocycles. The molecule has 0 saturated carbocycles. The molecule has 38 heavy (non-hydrogen) atoms. The fraction of sp³-hybridized carbons (Fsp3) is 0.0417. The average Bonchev–Trinajstić information content (AvgIpc) is 3.58. The van der Waals surface area contributed by atoms with E-state index in [1.54, 1.807) is 0 Å². The SMILES string of the molecule is N#Cc1cc(-c2cn(-c3ccc(C(=O)O)c(O)c3)nn2)nc(-c2cn(-c3ccc(C(O)O)c(O)c3)nn2)c1. The van der Waals surface area contributed by atoms with Crippen molar-refractivity contribution in [2.24, 2.45) is 0 Å². The van der Waals surface area contributed by atoms with Crippen LogP contribution in [0.4, 0.5) is 0 Å². The molecule has 5 rings (SSSR count). The highest BCUT2D eigenvalue weighted by molar-refractivity contribution is 5.91. The van der Waals surface area contributed by atoms with E-state index in [0.29, 0.717) is 34.2 Å². The van der Waals surface area contributed by atoms with E-state index in [1.807, 2.05) is 0 Å². The van der Waals surface area contributed by atoms with Gasteiger partial charge in [0, 0.05) is 17.7 Å². The summed E-state index contributed by atoms with van der Waals surface area (Å²) in [7, 11) is 0. The van der Waals surface area contributed by atoms with Gasteiger partial charge in [-0.1, -0.05) is 10.4 Å². The first kappa shape index (κ1) is 24.1. The van der Waals surface area contributed by atoms with Gasteiger partial charge in [-0.2, -0.15) is 5.26 Å². The van der Waals surface area contributed by atoms with Crippen LogP contribution in [0.2, 0.25) is 0 Å². The number of nitriles is 1. The quantitative estimate of drug-likeness (QED) is 0.205. The lowest BCUT2D eigenvalue weighted by molar-refractivity contribution is -0.0438. The van der Waals surface area contributed by atoms with Crippen molar-refractivity contribution in [3.8, 4) is 51.7 Å². The number of hydrogen-bond donors (Lipinski definition) is 5.